The lowest BCUT2D eigenvalue weighted by atomic mass is 10.1. The van der Waals surface area contributed by atoms with Gasteiger partial charge < -0.3 is 19.9 Å². The minimum Gasteiger partial charge on any atom is -0.477 e. The fourth-order valence-electron chi connectivity index (χ4n) is 3.31. The lowest BCUT2D eigenvalue weighted by molar-refractivity contribution is 0.0695. The molecule has 2 aliphatic rings. The van der Waals surface area contributed by atoms with Crippen molar-refractivity contribution < 1.29 is 19.0 Å². The van der Waals surface area contributed by atoms with Gasteiger partial charge in [-0.15, -0.1) is 0 Å². The van der Waals surface area contributed by atoms with Crippen LogP contribution in [-0.4, -0.2) is 41.8 Å². The van der Waals surface area contributed by atoms with E-state index in [4.69, 9.17) is 0 Å². The normalized spacial score (nSPS) is 17.4. The van der Waals surface area contributed by atoms with Gasteiger partial charge in [0.1, 0.15) is 11.4 Å². The Kier molecular flexibility index (Phi) is 4.47. The van der Waals surface area contributed by atoms with Gasteiger partial charge in [0, 0.05) is 43.8 Å². The molecule has 8 heteroatoms. The molecule has 2 aromatic rings. The lowest BCUT2D eigenvalue weighted by Crippen LogP contribution is -2.43. The second kappa shape index (κ2) is 6.44. The van der Waals surface area contributed by atoms with E-state index in [0.29, 0.717) is 24.3 Å². The Balaban J connectivity index is 0.00000182. The number of nitrogens with zero attached hydrogens (tertiary/aromatic N) is 2. The van der Waals surface area contributed by atoms with Crippen molar-refractivity contribution in [1.82, 2.24) is 9.88 Å². The van der Waals surface area contributed by atoms with Crippen LogP contribution in [0.5, 0.6) is 0 Å². The standard InChI is InChI=1S/C17H18FN3O3.FH/c18-13-7-11-14(8-15(13)20-5-3-19-4-6-20)21(10-1-2-10)9-12(16(11)22)17(23)24;/h7-10,19H,1-6H2,(H,23,24);1H. The van der Waals surface area contributed by atoms with E-state index in [1.165, 1.54) is 12.3 Å². The van der Waals surface area contributed by atoms with Gasteiger partial charge in [-0.1, -0.05) is 0 Å². The summed E-state index contributed by atoms with van der Waals surface area (Å²) >= 11 is 0. The molecule has 0 bridgehead atoms. The molecule has 1 saturated carbocycles. The summed E-state index contributed by atoms with van der Waals surface area (Å²) in [6, 6.07) is 3.08. The molecule has 2 fully saturated rings. The molecule has 0 radical (unpaired) electrons. The van der Waals surface area contributed by atoms with E-state index in [1.54, 1.807) is 6.07 Å². The van der Waals surface area contributed by atoms with Crippen LogP contribution >= 0.6 is 0 Å². The smallest absolute Gasteiger partial charge is 0.341 e. The Bertz CT molecular complexity index is 887. The molecule has 2 heterocycles. The van der Waals surface area contributed by atoms with Gasteiger partial charge in [0.25, 0.3) is 0 Å². The number of hydrogen-bond donors (Lipinski definition) is 2. The van der Waals surface area contributed by atoms with Crippen LogP contribution in [0.25, 0.3) is 10.9 Å². The van der Waals surface area contributed by atoms with Gasteiger partial charge in [-0.2, -0.15) is 0 Å². The fraction of sp³-hybridized carbons (Fsp3) is 0.412. The Labute approximate surface area is 142 Å². The van der Waals surface area contributed by atoms with E-state index in [2.05, 4.69) is 5.32 Å². The number of piperazine rings is 1. The number of aromatic carboxylic acids is 1. The van der Waals surface area contributed by atoms with E-state index in [9.17, 15) is 19.1 Å². The second-order valence-corrected chi connectivity index (χ2v) is 6.37. The summed E-state index contributed by atoms with van der Waals surface area (Å²) in [7, 11) is 0. The first kappa shape index (κ1) is 17.3. The molecule has 4 rings (SSSR count). The monoisotopic (exact) mass is 351 g/mol. The summed E-state index contributed by atoms with van der Waals surface area (Å²) in [6.45, 7) is 2.96. The van der Waals surface area contributed by atoms with Crippen LogP contribution in [0, 0.1) is 5.82 Å². The number of anilines is 1. The quantitative estimate of drug-likeness (QED) is 0.881. The van der Waals surface area contributed by atoms with Crippen LogP contribution < -0.4 is 15.6 Å². The topological polar surface area (TPSA) is 74.6 Å². The van der Waals surface area contributed by atoms with Crippen molar-refractivity contribution in [2.24, 2.45) is 0 Å². The largest absolute Gasteiger partial charge is 0.477 e. The average molecular weight is 351 g/mol. The summed E-state index contributed by atoms with van der Waals surface area (Å²) in [5, 5.41) is 12.6. The maximum absolute atomic E-state index is 14.6. The minimum atomic E-state index is -1.28. The predicted molar refractivity (Wildman–Crippen MR) is 91.0 cm³/mol. The Morgan fingerprint density at radius 3 is 2.52 bits per heavy atom. The third-order valence-electron chi connectivity index (χ3n) is 4.73. The molecule has 25 heavy (non-hydrogen) atoms. The molecule has 1 saturated heterocycles. The Morgan fingerprint density at radius 1 is 1.24 bits per heavy atom. The van der Waals surface area contributed by atoms with Gasteiger partial charge in [0.15, 0.2) is 0 Å². The van der Waals surface area contributed by atoms with Crippen LogP contribution in [0.2, 0.25) is 0 Å². The summed E-state index contributed by atoms with van der Waals surface area (Å²) in [6.07, 6.45) is 3.29. The van der Waals surface area contributed by atoms with Crippen LogP contribution in [0.4, 0.5) is 14.8 Å². The fourth-order valence-corrected chi connectivity index (χ4v) is 3.31. The number of fused-ring (bicyclic) bond motifs is 1. The number of halogens is 2. The number of hydrogen-bond acceptors (Lipinski definition) is 4. The van der Waals surface area contributed by atoms with E-state index in [0.717, 1.165) is 25.9 Å². The van der Waals surface area contributed by atoms with Crippen LogP contribution in [0.3, 0.4) is 0 Å². The molecule has 1 aromatic carbocycles. The number of carboxylic acids is 1. The maximum atomic E-state index is 14.6. The van der Waals surface area contributed by atoms with Gasteiger partial charge in [-0.05, 0) is 25.0 Å². The van der Waals surface area contributed by atoms with Crippen molar-refractivity contribution in [2.75, 3.05) is 31.1 Å². The highest BCUT2D eigenvalue weighted by Gasteiger charge is 2.28. The summed E-state index contributed by atoms with van der Waals surface area (Å²) in [4.78, 5) is 25.7. The first-order valence-electron chi connectivity index (χ1n) is 8.13. The van der Waals surface area contributed by atoms with Gasteiger partial charge in [-0.3, -0.25) is 9.50 Å². The third-order valence-corrected chi connectivity index (χ3v) is 4.73. The number of nitrogens with one attached hydrogen (secondary N) is 1. The second-order valence-electron chi connectivity index (χ2n) is 6.37. The Morgan fingerprint density at radius 2 is 1.92 bits per heavy atom. The van der Waals surface area contributed by atoms with Crippen molar-refractivity contribution in [1.29, 1.82) is 0 Å². The van der Waals surface area contributed by atoms with E-state index < -0.39 is 17.2 Å². The molecule has 1 aromatic heterocycles. The lowest BCUT2D eigenvalue weighted by Gasteiger charge is -2.30. The minimum absolute atomic E-state index is 0. The van der Waals surface area contributed by atoms with Gasteiger partial charge >= 0.3 is 5.97 Å². The van der Waals surface area contributed by atoms with Crippen molar-refractivity contribution in [3.05, 3.63) is 39.9 Å². The average Bonchev–Trinajstić information content (AvgIpc) is 3.40. The summed E-state index contributed by atoms with van der Waals surface area (Å²) in [5.74, 6) is -1.76. The first-order chi connectivity index (χ1) is 11.6. The number of aromatic nitrogens is 1. The van der Waals surface area contributed by atoms with E-state index in [1.807, 2.05) is 9.47 Å². The first-order valence-corrected chi connectivity index (χ1v) is 8.13. The molecule has 6 nitrogen and oxygen atoms in total. The van der Waals surface area contributed by atoms with Crippen LogP contribution in [0.1, 0.15) is 29.2 Å². The molecular weight excluding hydrogens is 332 g/mol. The molecule has 0 amide bonds. The molecule has 1 aliphatic carbocycles. The number of benzene rings is 1. The summed E-state index contributed by atoms with van der Waals surface area (Å²) < 4.78 is 16.4. The zero-order valence-electron chi connectivity index (χ0n) is 13.5. The van der Waals surface area contributed by atoms with Crippen molar-refractivity contribution in [3.63, 3.8) is 0 Å². The zero-order valence-corrected chi connectivity index (χ0v) is 13.5. The SMILES string of the molecule is F.O=C(O)c1cn(C2CC2)c2cc(N3CCNCC3)c(F)cc2c1=O. The number of carboxylic acid groups (broad SMARTS) is 1. The van der Waals surface area contributed by atoms with Gasteiger partial charge in [0.2, 0.25) is 5.43 Å². The summed E-state index contributed by atoms with van der Waals surface area (Å²) in [5.41, 5.74) is 0.159. The highest BCUT2D eigenvalue weighted by Crippen LogP contribution is 2.38. The highest BCUT2D eigenvalue weighted by atomic mass is 19.1. The number of rotatable bonds is 3. The van der Waals surface area contributed by atoms with Gasteiger partial charge in [-0.25, -0.2) is 9.18 Å². The van der Waals surface area contributed by atoms with E-state index >= 15 is 0 Å². The molecule has 0 atom stereocenters. The molecule has 134 valence electrons. The highest BCUT2D eigenvalue weighted by molar-refractivity contribution is 5.93. The van der Waals surface area contributed by atoms with Gasteiger partial charge in [0.05, 0.1) is 11.2 Å². The van der Waals surface area contributed by atoms with Crippen molar-refractivity contribution >= 4 is 22.6 Å². The molecule has 2 N–H and O–H groups in total. The molecule has 1 aliphatic heterocycles. The molecule has 0 spiro atoms. The van der Waals surface area contributed by atoms with Crippen molar-refractivity contribution in [3.8, 4) is 0 Å². The third kappa shape index (κ3) is 2.97. The number of carbonyl (C=O) groups is 1. The molecule has 0 unspecified atom stereocenters. The van der Waals surface area contributed by atoms with Crippen LogP contribution in [0.15, 0.2) is 23.1 Å². The maximum Gasteiger partial charge on any atom is 0.341 e. The number of pyridine rings is 1. The van der Waals surface area contributed by atoms with Crippen LogP contribution in [-0.2, 0) is 0 Å². The zero-order chi connectivity index (χ0) is 16.8. The van der Waals surface area contributed by atoms with Crippen molar-refractivity contribution in [2.45, 2.75) is 18.9 Å². The molecular formula is C17H19F2N3O3. The predicted octanol–water partition coefficient (Wildman–Crippen LogP) is 1.74. The Hall–Kier alpha value is -2.48. The van der Waals surface area contributed by atoms with E-state index in [-0.39, 0.29) is 21.7 Å².